The Morgan fingerprint density at radius 1 is 1.32 bits per heavy atom. The number of carbonyl (C=O) groups excluding carboxylic acids is 1. The van der Waals surface area contributed by atoms with E-state index in [-0.39, 0.29) is 5.92 Å². The van der Waals surface area contributed by atoms with Gasteiger partial charge in [-0.1, -0.05) is 28.1 Å². The summed E-state index contributed by atoms with van der Waals surface area (Å²) in [4.78, 5) is 15.0. The first-order valence-electron chi connectivity index (χ1n) is 7.12. The lowest BCUT2D eigenvalue weighted by atomic mass is 9.85. The van der Waals surface area contributed by atoms with Gasteiger partial charge in [0.05, 0.1) is 0 Å². The molecule has 2 heterocycles. The van der Waals surface area contributed by atoms with E-state index in [9.17, 15) is 4.79 Å². The summed E-state index contributed by atoms with van der Waals surface area (Å²) in [5.74, 6) is 0.718. The van der Waals surface area contributed by atoms with Gasteiger partial charge in [-0.15, -0.1) is 0 Å². The smallest absolute Gasteiger partial charge is 0.140 e. The number of hydrogen-bond acceptors (Lipinski definition) is 2. The maximum Gasteiger partial charge on any atom is 0.140 e. The van der Waals surface area contributed by atoms with Crippen molar-refractivity contribution in [2.45, 2.75) is 44.2 Å². The van der Waals surface area contributed by atoms with E-state index in [0.717, 1.165) is 22.9 Å². The molecule has 2 unspecified atom stereocenters. The number of hydrogen-bond donors (Lipinski definition) is 0. The van der Waals surface area contributed by atoms with Crippen molar-refractivity contribution < 1.29 is 4.79 Å². The van der Waals surface area contributed by atoms with Crippen LogP contribution in [0.2, 0.25) is 0 Å². The number of nitrogens with zero attached hydrogens (tertiary/aromatic N) is 1. The van der Waals surface area contributed by atoms with E-state index in [1.165, 1.54) is 12.8 Å². The fourth-order valence-electron chi connectivity index (χ4n) is 3.67. The Balaban J connectivity index is 1.65. The molecule has 2 aliphatic heterocycles. The highest BCUT2D eigenvalue weighted by Crippen LogP contribution is 2.38. The molecule has 0 aliphatic carbocycles. The molecule has 2 nitrogen and oxygen atoms in total. The van der Waals surface area contributed by atoms with Crippen molar-refractivity contribution in [1.29, 1.82) is 0 Å². The SMILES string of the molecule is CN1C2CCC1CC(C(=O)Cc1cccc(Br)c1)C2. The normalized spacial score (nSPS) is 30.5. The molecule has 1 aromatic carbocycles. The Bertz CT molecular complexity index is 473. The fraction of sp³-hybridized carbons (Fsp3) is 0.562. The van der Waals surface area contributed by atoms with Gasteiger partial charge < -0.3 is 4.90 Å². The minimum absolute atomic E-state index is 0.285. The van der Waals surface area contributed by atoms with Crippen LogP contribution in [0.3, 0.4) is 0 Å². The average molecular weight is 322 g/mol. The average Bonchev–Trinajstić information content (AvgIpc) is 2.62. The predicted molar refractivity (Wildman–Crippen MR) is 80.2 cm³/mol. The molecule has 2 atom stereocenters. The monoisotopic (exact) mass is 321 g/mol. The van der Waals surface area contributed by atoms with Gasteiger partial charge in [0.15, 0.2) is 0 Å². The van der Waals surface area contributed by atoms with Crippen LogP contribution in [0, 0.1) is 5.92 Å². The summed E-state index contributed by atoms with van der Waals surface area (Å²) < 4.78 is 1.06. The summed E-state index contributed by atoms with van der Waals surface area (Å²) in [6.45, 7) is 0. The maximum atomic E-state index is 12.5. The fourth-order valence-corrected chi connectivity index (χ4v) is 4.11. The largest absolute Gasteiger partial charge is 0.300 e. The van der Waals surface area contributed by atoms with Gasteiger partial charge >= 0.3 is 0 Å². The van der Waals surface area contributed by atoms with E-state index in [1.54, 1.807) is 0 Å². The lowest BCUT2D eigenvalue weighted by Gasteiger charge is -2.35. The second-order valence-corrected chi connectivity index (χ2v) is 6.91. The molecule has 0 amide bonds. The zero-order chi connectivity index (χ0) is 13.4. The first-order chi connectivity index (χ1) is 9.13. The van der Waals surface area contributed by atoms with E-state index < -0.39 is 0 Å². The quantitative estimate of drug-likeness (QED) is 0.850. The molecule has 19 heavy (non-hydrogen) atoms. The van der Waals surface area contributed by atoms with Crippen LogP contribution < -0.4 is 0 Å². The highest BCUT2D eigenvalue weighted by molar-refractivity contribution is 9.10. The van der Waals surface area contributed by atoms with Crippen molar-refractivity contribution >= 4 is 21.7 Å². The van der Waals surface area contributed by atoms with Crippen LogP contribution in [0.1, 0.15) is 31.2 Å². The van der Waals surface area contributed by atoms with Gasteiger partial charge in [-0.05, 0) is 50.4 Å². The van der Waals surface area contributed by atoms with E-state index >= 15 is 0 Å². The zero-order valence-corrected chi connectivity index (χ0v) is 12.9. The molecule has 0 saturated carbocycles. The van der Waals surface area contributed by atoms with Crippen molar-refractivity contribution in [3.05, 3.63) is 34.3 Å². The second-order valence-electron chi connectivity index (χ2n) is 5.99. The number of halogens is 1. The summed E-state index contributed by atoms with van der Waals surface area (Å²) in [5.41, 5.74) is 1.13. The first-order valence-corrected chi connectivity index (χ1v) is 7.92. The van der Waals surface area contributed by atoms with Crippen LogP contribution in [0.4, 0.5) is 0 Å². The Hall–Kier alpha value is -0.670. The van der Waals surface area contributed by atoms with Crippen molar-refractivity contribution in [3.63, 3.8) is 0 Å². The van der Waals surface area contributed by atoms with Crippen molar-refractivity contribution in [3.8, 4) is 0 Å². The third kappa shape index (κ3) is 2.77. The summed E-state index contributed by atoms with van der Waals surface area (Å²) in [6, 6.07) is 9.41. The number of piperidine rings is 1. The Morgan fingerprint density at radius 2 is 2.00 bits per heavy atom. The number of benzene rings is 1. The van der Waals surface area contributed by atoms with E-state index in [2.05, 4.69) is 33.9 Å². The van der Waals surface area contributed by atoms with Crippen LogP contribution in [-0.4, -0.2) is 29.8 Å². The standard InChI is InChI=1S/C16H20BrNO/c1-18-14-5-6-15(18)10-12(9-14)16(19)8-11-3-2-4-13(17)7-11/h2-4,7,12,14-15H,5-6,8-10H2,1H3. The molecule has 102 valence electrons. The van der Waals surface area contributed by atoms with Gasteiger partial charge in [0.25, 0.3) is 0 Å². The van der Waals surface area contributed by atoms with E-state index in [1.807, 2.05) is 18.2 Å². The number of fused-ring (bicyclic) bond motifs is 2. The predicted octanol–water partition coefficient (Wildman–Crippen LogP) is 3.43. The third-order valence-corrected chi connectivity index (χ3v) is 5.31. The molecule has 0 N–H and O–H groups in total. The molecule has 0 radical (unpaired) electrons. The van der Waals surface area contributed by atoms with Gasteiger partial charge in [-0.25, -0.2) is 0 Å². The van der Waals surface area contributed by atoms with Gasteiger partial charge in [0.2, 0.25) is 0 Å². The summed E-state index contributed by atoms with van der Waals surface area (Å²) in [5, 5.41) is 0. The maximum absolute atomic E-state index is 12.5. The highest BCUT2D eigenvalue weighted by atomic mass is 79.9. The lowest BCUT2D eigenvalue weighted by Crippen LogP contribution is -2.42. The van der Waals surface area contributed by atoms with Gasteiger partial charge in [-0.2, -0.15) is 0 Å². The van der Waals surface area contributed by atoms with Crippen molar-refractivity contribution in [1.82, 2.24) is 4.90 Å². The first kappa shape index (κ1) is 13.3. The van der Waals surface area contributed by atoms with Crippen molar-refractivity contribution in [2.75, 3.05) is 7.05 Å². The Kier molecular flexibility index (Phi) is 3.77. The van der Waals surface area contributed by atoms with Crippen LogP contribution in [0.15, 0.2) is 28.7 Å². The highest BCUT2D eigenvalue weighted by Gasteiger charge is 2.40. The van der Waals surface area contributed by atoms with Crippen molar-refractivity contribution in [2.24, 2.45) is 5.92 Å². The molecule has 0 aromatic heterocycles. The lowest BCUT2D eigenvalue weighted by molar-refractivity contribution is -0.124. The molecule has 2 fully saturated rings. The molecule has 1 aromatic rings. The molecule has 0 spiro atoms. The molecule has 2 aliphatic rings. The van der Waals surface area contributed by atoms with Crippen LogP contribution in [-0.2, 0) is 11.2 Å². The molecule has 2 bridgehead atoms. The third-order valence-electron chi connectivity index (χ3n) is 4.82. The molecular weight excluding hydrogens is 302 g/mol. The van der Waals surface area contributed by atoms with E-state index in [4.69, 9.17) is 0 Å². The van der Waals surface area contributed by atoms with Crippen LogP contribution in [0.5, 0.6) is 0 Å². The molecule has 3 heteroatoms. The molecular formula is C16H20BrNO. The van der Waals surface area contributed by atoms with E-state index in [0.29, 0.717) is 24.3 Å². The summed E-state index contributed by atoms with van der Waals surface area (Å²) >= 11 is 3.47. The van der Waals surface area contributed by atoms with Gasteiger partial charge in [0, 0.05) is 28.9 Å². The topological polar surface area (TPSA) is 20.3 Å². The van der Waals surface area contributed by atoms with Gasteiger partial charge in [0.1, 0.15) is 5.78 Å². The minimum atomic E-state index is 0.285. The van der Waals surface area contributed by atoms with Crippen LogP contribution >= 0.6 is 15.9 Å². The zero-order valence-electron chi connectivity index (χ0n) is 11.3. The Morgan fingerprint density at radius 3 is 2.63 bits per heavy atom. The Labute approximate surface area is 123 Å². The molecule has 3 rings (SSSR count). The van der Waals surface area contributed by atoms with Crippen LogP contribution in [0.25, 0.3) is 0 Å². The summed E-state index contributed by atoms with van der Waals surface area (Å²) in [6.07, 6.45) is 5.29. The number of Topliss-reactive ketones (excluding diaryl/α,β-unsaturated/α-hetero) is 1. The van der Waals surface area contributed by atoms with Gasteiger partial charge in [-0.3, -0.25) is 4.79 Å². The summed E-state index contributed by atoms with van der Waals surface area (Å²) in [7, 11) is 2.22. The second kappa shape index (κ2) is 5.37. The number of rotatable bonds is 3. The number of carbonyl (C=O) groups is 1. The molecule has 2 saturated heterocycles. The minimum Gasteiger partial charge on any atom is -0.300 e. The number of ketones is 1.